The highest BCUT2D eigenvalue weighted by Crippen LogP contribution is 2.25. The highest BCUT2D eigenvalue weighted by atomic mass is 35.5. The van der Waals surface area contributed by atoms with Gasteiger partial charge in [0.05, 0.1) is 12.6 Å². The quantitative estimate of drug-likeness (QED) is 0.803. The summed E-state index contributed by atoms with van der Waals surface area (Å²) < 4.78 is 5.21. The molecule has 3 rings (SSSR count). The van der Waals surface area contributed by atoms with Gasteiger partial charge in [-0.1, -0.05) is 11.6 Å². The standard InChI is InChI=1S/C15H17ClN2O/c1-19-13-5-4-11-8-12(10-18-6-2-3-7-18)15(16)17-14(11)9-13/h4-5,8-9H,2-3,6-7,10H2,1H3. The van der Waals surface area contributed by atoms with Crippen molar-refractivity contribution < 1.29 is 4.74 Å². The Morgan fingerprint density at radius 2 is 2.05 bits per heavy atom. The molecule has 0 atom stereocenters. The van der Waals surface area contributed by atoms with E-state index < -0.39 is 0 Å². The van der Waals surface area contributed by atoms with Crippen LogP contribution in [0.1, 0.15) is 18.4 Å². The summed E-state index contributed by atoms with van der Waals surface area (Å²) in [6.45, 7) is 3.22. The lowest BCUT2D eigenvalue weighted by Gasteiger charge is -2.15. The van der Waals surface area contributed by atoms with Crippen molar-refractivity contribution in [3.8, 4) is 5.75 Å². The monoisotopic (exact) mass is 276 g/mol. The van der Waals surface area contributed by atoms with Crippen molar-refractivity contribution in [1.82, 2.24) is 9.88 Å². The van der Waals surface area contributed by atoms with Gasteiger partial charge in [-0.3, -0.25) is 4.90 Å². The molecule has 0 saturated carbocycles. The van der Waals surface area contributed by atoms with Crippen LogP contribution in [0.25, 0.3) is 10.9 Å². The predicted octanol–water partition coefficient (Wildman–Crippen LogP) is 3.49. The topological polar surface area (TPSA) is 25.4 Å². The number of pyridine rings is 1. The Kier molecular flexibility index (Phi) is 3.58. The zero-order valence-electron chi connectivity index (χ0n) is 11.0. The average Bonchev–Trinajstić information content (AvgIpc) is 2.92. The molecular formula is C15H17ClN2O. The minimum absolute atomic E-state index is 0.604. The molecule has 4 heteroatoms. The molecular weight excluding hydrogens is 260 g/mol. The van der Waals surface area contributed by atoms with Gasteiger partial charge in [0.25, 0.3) is 0 Å². The van der Waals surface area contributed by atoms with Crippen molar-refractivity contribution >= 4 is 22.5 Å². The Hall–Kier alpha value is -1.32. The molecule has 1 aliphatic heterocycles. The van der Waals surface area contributed by atoms with Crippen LogP contribution in [0.4, 0.5) is 0 Å². The SMILES string of the molecule is COc1ccc2cc(CN3CCCC3)c(Cl)nc2c1. The Morgan fingerprint density at radius 1 is 1.26 bits per heavy atom. The summed E-state index contributed by atoms with van der Waals surface area (Å²) in [7, 11) is 1.66. The third-order valence-electron chi connectivity index (χ3n) is 3.64. The molecule has 0 spiro atoms. The molecule has 0 unspecified atom stereocenters. The first kappa shape index (κ1) is 12.7. The Labute approximate surface area is 118 Å². The van der Waals surface area contributed by atoms with E-state index in [4.69, 9.17) is 16.3 Å². The number of hydrogen-bond acceptors (Lipinski definition) is 3. The van der Waals surface area contributed by atoms with Gasteiger partial charge in [-0.25, -0.2) is 4.98 Å². The van der Waals surface area contributed by atoms with E-state index in [0.717, 1.165) is 41.9 Å². The maximum Gasteiger partial charge on any atom is 0.134 e. The highest BCUT2D eigenvalue weighted by molar-refractivity contribution is 6.30. The molecule has 0 aliphatic carbocycles. The van der Waals surface area contributed by atoms with E-state index in [1.807, 2.05) is 18.2 Å². The number of benzene rings is 1. The molecule has 1 saturated heterocycles. The van der Waals surface area contributed by atoms with Crippen LogP contribution < -0.4 is 4.74 Å². The van der Waals surface area contributed by atoms with Crippen LogP contribution in [0.2, 0.25) is 5.15 Å². The van der Waals surface area contributed by atoms with Crippen LogP contribution in [0.5, 0.6) is 5.75 Å². The molecule has 2 heterocycles. The van der Waals surface area contributed by atoms with Gasteiger partial charge in [0.15, 0.2) is 0 Å². The third-order valence-corrected chi connectivity index (χ3v) is 3.97. The van der Waals surface area contributed by atoms with E-state index in [9.17, 15) is 0 Å². The first-order valence-corrected chi connectivity index (χ1v) is 6.99. The average molecular weight is 277 g/mol. The molecule has 1 aromatic heterocycles. The minimum Gasteiger partial charge on any atom is -0.497 e. The maximum atomic E-state index is 6.30. The molecule has 1 fully saturated rings. The smallest absolute Gasteiger partial charge is 0.134 e. The number of methoxy groups -OCH3 is 1. The van der Waals surface area contributed by atoms with Crippen LogP contribution in [-0.2, 0) is 6.54 Å². The number of nitrogens with zero attached hydrogens (tertiary/aromatic N) is 2. The number of ether oxygens (including phenoxy) is 1. The van der Waals surface area contributed by atoms with Crippen molar-refractivity contribution in [2.24, 2.45) is 0 Å². The fraction of sp³-hybridized carbons (Fsp3) is 0.400. The van der Waals surface area contributed by atoms with E-state index >= 15 is 0 Å². The third kappa shape index (κ3) is 2.67. The number of aromatic nitrogens is 1. The number of likely N-dealkylation sites (tertiary alicyclic amines) is 1. The van der Waals surface area contributed by atoms with Crippen molar-refractivity contribution in [2.45, 2.75) is 19.4 Å². The summed E-state index contributed by atoms with van der Waals surface area (Å²) in [6, 6.07) is 8.05. The first-order valence-electron chi connectivity index (χ1n) is 6.62. The van der Waals surface area contributed by atoms with Gasteiger partial charge in [0.2, 0.25) is 0 Å². The van der Waals surface area contributed by atoms with Crippen LogP contribution in [0.15, 0.2) is 24.3 Å². The Bertz CT molecular complexity index is 594. The van der Waals surface area contributed by atoms with E-state index in [-0.39, 0.29) is 0 Å². The molecule has 3 nitrogen and oxygen atoms in total. The van der Waals surface area contributed by atoms with Crippen LogP contribution >= 0.6 is 11.6 Å². The second-order valence-corrected chi connectivity index (χ2v) is 5.34. The lowest BCUT2D eigenvalue weighted by atomic mass is 10.1. The number of rotatable bonds is 3. The molecule has 0 radical (unpaired) electrons. The summed E-state index contributed by atoms with van der Waals surface area (Å²) in [5.74, 6) is 0.809. The van der Waals surface area contributed by atoms with E-state index in [1.54, 1.807) is 7.11 Å². The largest absolute Gasteiger partial charge is 0.497 e. The van der Waals surface area contributed by atoms with E-state index in [0.29, 0.717) is 5.15 Å². The lowest BCUT2D eigenvalue weighted by molar-refractivity contribution is 0.331. The van der Waals surface area contributed by atoms with Crippen molar-refractivity contribution in [3.05, 3.63) is 35.0 Å². The second-order valence-electron chi connectivity index (χ2n) is 4.98. The highest BCUT2D eigenvalue weighted by Gasteiger charge is 2.14. The molecule has 0 bridgehead atoms. The molecule has 19 heavy (non-hydrogen) atoms. The van der Waals surface area contributed by atoms with E-state index in [2.05, 4.69) is 16.0 Å². The molecule has 100 valence electrons. The summed E-state index contributed by atoms with van der Waals surface area (Å²) >= 11 is 6.30. The fourth-order valence-electron chi connectivity index (χ4n) is 2.59. The fourth-order valence-corrected chi connectivity index (χ4v) is 2.79. The molecule has 1 aromatic carbocycles. The second kappa shape index (κ2) is 5.35. The van der Waals surface area contributed by atoms with Gasteiger partial charge in [-0.2, -0.15) is 0 Å². The molecule has 0 amide bonds. The van der Waals surface area contributed by atoms with Crippen molar-refractivity contribution in [3.63, 3.8) is 0 Å². The molecule has 2 aromatic rings. The summed E-state index contributed by atoms with van der Waals surface area (Å²) in [6.07, 6.45) is 2.58. The van der Waals surface area contributed by atoms with Gasteiger partial charge in [0.1, 0.15) is 10.9 Å². The van der Waals surface area contributed by atoms with Gasteiger partial charge < -0.3 is 4.74 Å². The van der Waals surface area contributed by atoms with E-state index in [1.165, 1.54) is 12.8 Å². The normalized spacial score (nSPS) is 16.1. The molecule has 1 aliphatic rings. The van der Waals surface area contributed by atoms with Crippen LogP contribution in [-0.4, -0.2) is 30.1 Å². The van der Waals surface area contributed by atoms with Crippen molar-refractivity contribution in [2.75, 3.05) is 20.2 Å². The number of hydrogen-bond donors (Lipinski definition) is 0. The maximum absolute atomic E-state index is 6.30. The Balaban J connectivity index is 1.94. The zero-order valence-corrected chi connectivity index (χ0v) is 11.8. The van der Waals surface area contributed by atoms with Crippen LogP contribution in [0.3, 0.4) is 0 Å². The van der Waals surface area contributed by atoms with Gasteiger partial charge in [0, 0.05) is 23.6 Å². The van der Waals surface area contributed by atoms with Gasteiger partial charge >= 0.3 is 0 Å². The number of fused-ring (bicyclic) bond motifs is 1. The first-order chi connectivity index (χ1) is 9.26. The summed E-state index contributed by atoms with van der Waals surface area (Å²) in [5, 5.41) is 1.71. The minimum atomic E-state index is 0.604. The summed E-state index contributed by atoms with van der Waals surface area (Å²) in [5.41, 5.74) is 2.00. The summed E-state index contributed by atoms with van der Waals surface area (Å²) in [4.78, 5) is 6.91. The van der Waals surface area contributed by atoms with Gasteiger partial charge in [-0.05, 0) is 44.1 Å². The number of halogens is 1. The zero-order chi connectivity index (χ0) is 13.2. The van der Waals surface area contributed by atoms with Crippen LogP contribution in [0, 0.1) is 0 Å². The van der Waals surface area contributed by atoms with Crippen molar-refractivity contribution in [1.29, 1.82) is 0 Å². The van der Waals surface area contributed by atoms with Gasteiger partial charge in [-0.15, -0.1) is 0 Å². The predicted molar refractivity (Wildman–Crippen MR) is 77.8 cm³/mol. The molecule has 0 N–H and O–H groups in total. The lowest BCUT2D eigenvalue weighted by Crippen LogP contribution is -2.18. The Morgan fingerprint density at radius 3 is 2.79 bits per heavy atom.